The molecule has 4 nitrogen and oxygen atoms in total. The molecule has 27 heavy (non-hydrogen) atoms. The molecule has 2 heterocycles. The second kappa shape index (κ2) is 8.39. The first-order valence-electron chi connectivity index (χ1n) is 8.65. The Bertz CT molecular complexity index is 796. The SMILES string of the molecule is CSc1ncc(CN2CCC[C@H](C(=O)c3cccc(C(F)(F)F)c3)C2)cn1. The zero-order valence-corrected chi connectivity index (χ0v) is 15.7. The lowest BCUT2D eigenvalue weighted by Gasteiger charge is -2.32. The molecule has 0 spiro atoms. The highest BCUT2D eigenvalue weighted by Gasteiger charge is 2.32. The van der Waals surface area contributed by atoms with Gasteiger partial charge in [0, 0.05) is 42.5 Å². The number of carbonyl (C=O) groups is 1. The fourth-order valence-electron chi connectivity index (χ4n) is 3.29. The van der Waals surface area contributed by atoms with Gasteiger partial charge in [-0.3, -0.25) is 9.69 Å². The molecule has 0 N–H and O–H groups in total. The minimum Gasteiger partial charge on any atom is -0.298 e. The zero-order valence-electron chi connectivity index (χ0n) is 14.9. The van der Waals surface area contributed by atoms with Crippen molar-refractivity contribution in [2.45, 2.75) is 30.7 Å². The van der Waals surface area contributed by atoms with Crippen LogP contribution in [0.15, 0.2) is 41.8 Å². The predicted octanol–water partition coefficient (Wildman–Crippen LogP) is 4.31. The van der Waals surface area contributed by atoms with Crippen LogP contribution in [0.1, 0.15) is 34.3 Å². The molecule has 1 aliphatic rings. The molecule has 0 bridgehead atoms. The van der Waals surface area contributed by atoms with Crippen LogP contribution in [0.3, 0.4) is 0 Å². The molecule has 1 saturated heterocycles. The van der Waals surface area contributed by atoms with Gasteiger partial charge in [-0.2, -0.15) is 13.2 Å². The largest absolute Gasteiger partial charge is 0.416 e. The molecular formula is C19H20F3N3OS. The molecule has 1 aliphatic heterocycles. The van der Waals surface area contributed by atoms with Crippen molar-refractivity contribution in [3.8, 4) is 0 Å². The van der Waals surface area contributed by atoms with E-state index >= 15 is 0 Å². The van der Waals surface area contributed by atoms with Gasteiger partial charge in [0.05, 0.1) is 5.56 Å². The van der Waals surface area contributed by atoms with Gasteiger partial charge >= 0.3 is 6.18 Å². The van der Waals surface area contributed by atoms with Gasteiger partial charge in [0.2, 0.25) is 0 Å². The number of ketones is 1. The highest BCUT2D eigenvalue weighted by atomic mass is 32.2. The lowest BCUT2D eigenvalue weighted by atomic mass is 9.89. The quantitative estimate of drug-likeness (QED) is 0.429. The Morgan fingerprint density at radius 2 is 2.04 bits per heavy atom. The maximum Gasteiger partial charge on any atom is 0.416 e. The summed E-state index contributed by atoms with van der Waals surface area (Å²) in [6.45, 7) is 2.00. The first kappa shape index (κ1) is 19.8. The number of alkyl halides is 3. The number of rotatable bonds is 5. The van der Waals surface area contributed by atoms with Crippen LogP contribution in [0.2, 0.25) is 0 Å². The Kier molecular flexibility index (Phi) is 6.16. The lowest BCUT2D eigenvalue weighted by Crippen LogP contribution is -2.38. The van der Waals surface area contributed by atoms with E-state index in [0.717, 1.165) is 30.7 Å². The number of benzene rings is 1. The van der Waals surface area contributed by atoms with E-state index in [1.54, 1.807) is 12.4 Å². The second-order valence-electron chi connectivity index (χ2n) is 6.60. The Morgan fingerprint density at radius 1 is 1.30 bits per heavy atom. The Labute approximate surface area is 160 Å². The number of hydrogen-bond donors (Lipinski definition) is 0. The number of likely N-dealkylation sites (tertiary alicyclic amines) is 1. The lowest BCUT2D eigenvalue weighted by molar-refractivity contribution is -0.137. The molecule has 1 aromatic carbocycles. The average Bonchev–Trinajstić information content (AvgIpc) is 2.68. The number of thioether (sulfide) groups is 1. The van der Waals surface area contributed by atoms with Gasteiger partial charge < -0.3 is 0 Å². The summed E-state index contributed by atoms with van der Waals surface area (Å²) in [5.41, 5.74) is 0.302. The summed E-state index contributed by atoms with van der Waals surface area (Å²) in [4.78, 5) is 23.4. The third-order valence-electron chi connectivity index (χ3n) is 4.62. The van der Waals surface area contributed by atoms with Gasteiger partial charge in [-0.25, -0.2) is 9.97 Å². The van der Waals surface area contributed by atoms with Gasteiger partial charge in [-0.05, 0) is 37.8 Å². The molecule has 144 valence electrons. The number of halogens is 3. The first-order chi connectivity index (χ1) is 12.9. The van der Waals surface area contributed by atoms with Crippen molar-refractivity contribution in [1.29, 1.82) is 0 Å². The summed E-state index contributed by atoms with van der Waals surface area (Å²) in [5, 5.41) is 0.704. The van der Waals surface area contributed by atoms with Crippen molar-refractivity contribution in [1.82, 2.24) is 14.9 Å². The maximum atomic E-state index is 12.9. The summed E-state index contributed by atoms with van der Waals surface area (Å²) >= 11 is 1.47. The highest BCUT2D eigenvalue weighted by Crippen LogP contribution is 2.31. The second-order valence-corrected chi connectivity index (χ2v) is 7.37. The van der Waals surface area contributed by atoms with E-state index in [2.05, 4.69) is 14.9 Å². The Hall–Kier alpha value is -1.93. The van der Waals surface area contributed by atoms with Gasteiger partial charge in [0.25, 0.3) is 0 Å². The van der Waals surface area contributed by atoms with E-state index in [1.807, 2.05) is 6.26 Å². The van der Waals surface area contributed by atoms with Crippen molar-refractivity contribution in [2.75, 3.05) is 19.3 Å². The number of nitrogens with zero attached hydrogens (tertiary/aromatic N) is 3. The van der Waals surface area contributed by atoms with E-state index in [1.165, 1.54) is 23.9 Å². The monoisotopic (exact) mass is 395 g/mol. The Balaban J connectivity index is 1.67. The fraction of sp³-hybridized carbons (Fsp3) is 0.421. The zero-order chi connectivity index (χ0) is 19.4. The van der Waals surface area contributed by atoms with Crippen LogP contribution < -0.4 is 0 Å². The standard InChI is InChI=1S/C19H20F3N3OS/c1-27-18-23-9-13(10-24-18)11-25-7-3-5-15(12-25)17(26)14-4-2-6-16(8-14)19(20,21)22/h2,4,6,8-10,15H,3,5,7,11-12H2,1H3/t15-/m0/s1. The Morgan fingerprint density at radius 3 is 2.70 bits per heavy atom. The van der Waals surface area contributed by atoms with E-state index in [9.17, 15) is 18.0 Å². The molecule has 0 amide bonds. The first-order valence-corrected chi connectivity index (χ1v) is 9.88. The minimum atomic E-state index is -4.45. The van der Waals surface area contributed by atoms with Crippen LogP contribution >= 0.6 is 11.8 Å². The summed E-state index contributed by atoms with van der Waals surface area (Å²) < 4.78 is 38.7. The molecule has 0 unspecified atom stereocenters. The molecule has 0 radical (unpaired) electrons. The molecular weight excluding hydrogens is 375 g/mol. The summed E-state index contributed by atoms with van der Waals surface area (Å²) in [6, 6.07) is 4.70. The number of carbonyl (C=O) groups excluding carboxylic acids is 1. The van der Waals surface area contributed by atoms with E-state index in [-0.39, 0.29) is 17.3 Å². The third kappa shape index (κ3) is 5.07. The number of aromatic nitrogens is 2. The van der Waals surface area contributed by atoms with Crippen molar-refractivity contribution >= 4 is 17.5 Å². The predicted molar refractivity (Wildman–Crippen MR) is 97.6 cm³/mol. The van der Waals surface area contributed by atoms with Gasteiger partial charge in [0.15, 0.2) is 10.9 Å². The van der Waals surface area contributed by atoms with E-state index in [4.69, 9.17) is 0 Å². The fourth-order valence-corrected chi connectivity index (χ4v) is 3.60. The van der Waals surface area contributed by atoms with Gasteiger partial charge in [0.1, 0.15) is 0 Å². The van der Waals surface area contributed by atoms with Crippen LogP contribution in [0.4, 0.5) is 13.2 Å². The normalized spacial score (nSPS) is 18.4. The summed E-state index contributed by atoms with van der Waals surface area (Å²) in [6.07, 6.45) is 2.53. The van der Waals surface area contributed by atoms with Crippen LogP contribution in [0.25, 0.3) is 0 Å². The third-order valence-corrected chi connectivity index (χ3v) is 5.20. The smallest absolute Gasteiger partial charge is 0.298 e. The average molecular weight is 395 g/mol. The molecule has 0 saturated carbocycles. The molecule has 0 aliphatic carbocycles. The van der Waals surface area contributed by atoms with Crippen molar-refractivity contribution < 1.29 is 18.0 Å². The number of piperidine rings is 1. The summed E-state index contributed by atoms with van der Waals surface area (Å²) in [5.74, 6) is -0.520. The van der Waals surface area contributed by atoms with E-state index in [0.29, 0.717) is 24.7 Å². The molecule has 1 atom stereocenters. The van der Waals surface area contributed by atoms with Crippen LogP contribution in [-0.2, 0) is 12.7 Å². The molecule has 2 aromatic rings. The molecule has 8 heteroatoms. The van der Waals surface area contributed by atoms with Crippen molar-refractivity contribution in [3.63, 3.8) is 0 Å². The number of hydrogen-bond acceptors (Lipinski definition) is 5. The van der Waals surface area contributed by atoms with Gasteiger partial charge in [-0.15, -0.1) is 0 Å². The number of Topliss-reactive ketones (excluding diaryl/α,β-unsaturated/α-hetero) is 1. The molecule has 1 fully saturated rings. The summed E-state index contributed by atoms with van der Waals surface area (Å²) in [7, 11) is 0. The van der Waals surface area contributed by atoms with Crippen molar-refractivity contribution in [3.05, 3.63) is 53.3 Å². The van der Waals surface area contributed by atoms with Crippen LogP contribution in [0.5, 0.6) is 0 Å². The minimum absolute atomic E-state index is 0.129. The molecule has 3 rings (SSSR count). The van der Waals surface area contributed by atoms with E-state index < -0.39 is 11.7 Å². The highest BCUT2D eigenvalue weighted by molar-refractivity contribution is 7.98. The topological polar surface area (TPSA) is 46.1 Å². The van der Waals surface area contributed by atoms with Crippen LogP contribution in [0, 0.1) is 5.92 Å². The van der Waals surface area contributed by atoms with Crippen LogP contribution in [-0.4, -0.2) is 40.0 Å². The van der Waals surface area contributed by atoms with Crippen molar-refractivity contribution in [2.24, 2.45) is 5.92 Å². The van der Waals surface area contributed by atoms with Gasteiger partial charge in [-0.1, -0.05) is 23.9 Å². The molecule has 1 aromatic heterocycles. The maximum absolute atomic E-state index is 12.9.